The summed E-state index contributed by atoms with van der Waals surface area (Å²) in [5, 5.41) is 0. The third-order valence-corrected chi connectivity index (χ3v) is 4.30. The first-order valence-electron chi connectivity index (χ1n) is 7.79. The molecule has 2 heterocycles. The average molecular weight is 313 g/mol. The Labute approximate surface area is 133 Å². The molecule has 1 amide bonds. The Bertz CT molecular complexity index is 837. The van der Waals surface area contributed by atoms with Gasteiger partial charge in [-0.25, -0.2) is 4.79 Å². The zero-order valence-electron chi connectivity index (χ0n) is 13.0. The normalized spacial score (nSPS) is 18.0. The Kier molecular flexibility index (Phi) is 4.14. The summed E-state index contributed by atoms with van der Waals surface area (Å²) in [6.45, 7) is 2.83. The van der Waals surface area contributed by atoms with Crippen LogP contribution in [0.5, 0.6) is 0 Å². The molecule has 1 atom stereocenters. The van der Waals surface area contributed by atoms with Crippen LogP contribution in [-0.2, 0) is 0 Å². The van der Waals surface area contributed by atoms with E-state index in [-0.39, 0.29) is 11.9 Å². The molecule has 0 saturated carbocycles. The standard InChI is InChI=1S/C17H19N3O3/c1-11-5-2-3-8-20(11)16(22)13-7-4-6-12(9-13)14-10-18-17(23)19-15(14)21/h4,6-7,9-11H,2-3,5,8H2,1H3,(H2,18,19,21,23). The maximum atomic E-state index is 12.7. The quantitative estimate of drug-likeness (QED) is 0.885. The van der Waals surface area contributed by atoms with Crippen molar-refractivity contribution in [1.82, 2.24) is 14.9 Å². The predicted octanol–water partition coefficient (Wildman–Crippen LogP) is 1.74. The number of nitrogens with one attached hydrogen (secondary N) is 2. The van der Waals surface area contributed by atoms with E-state index in [0.29, 0.717) is 16.7 Å². The molecule has 1 aromatic carbocycles. The van der Waals surface area contributed by atoms with Crippen LogP contribution in [0.3, 0.4) is 0 Å². The molecule has 3 rings (SSSR count). The summed E-state index contributed by atoms with van der Waals surface area (Å²) in [4.78, 5) is 42.3. The Morgan fingerprint density at radius 1 is 1.26 bits per heavy atom. The fraction of sp³-hybridized carbons (Fsp3) is 0.353. The highest BCUT2D eigenvalue weighted by Crippen LogP contribution is 2.21. The number of carbonyl (C=O) groups is 1. The summed E-state index contributed by atoms with van der Waals surface area (Å²) in [5.41, 5.74) is 0.489. The van der Waals surface area contributed by atoms with E-state index in [2.05, 4.69) is 16.9 Å². The van der Waals surface area contributed by atoms with Crippen molar-refractivity contribution in [1.29, 1.82) is 0 Å². The lowest BCUT2D eigenvalue weighted by atomic mass is 10.0. The largest absolute Gasteiger partial charge is 0.336 e. The summed E-state index contributed by atoms with van der Waals surface area (Å²) < 4.78 is 0. The number of piperidine rings is 1. The molecular formula is C17H19N3O3. The van der Waals surface area contributed by atoms with E-state index in [9.17, 15) is 14.4 Å². The Morgan fingerprint density at radius 3 is 2.83 bits per heavy atom. The number of likely N-dealkylation sites (tertiary alicyclic amines) is 1. The van der Waals surface area contributed by atoms with Crippen LogP contribution in [0.15, 0.2) is 40.1 Å². The van der Waals surface area contributed by atoms with E-state index in [4.69, 9.17) is 0 Å². The van der Waals surface area contributed by atoms with Crippen LogP contribution in [0.25, 0.3) is 11.1 Å². The third-order valence-electron chi connectivity index (χ3n) is 4.30. The summed E-state index contributed by atoms with van der Waals surface area (Å²) in [6, 6.07) is 7.19. The maximum Gasteiger partial charge on any atom is 0.325 e. The number of aromatic amines is 2. The number of hydrogen-bond donors (Lipinski definition) is 2. The minimum absolute atomic E-state index is 0.0140. The Hall–Kier alpha value is -2.63. The number of hydrogen-bond acceptors (Lipinski definition) is 3. The third kappa shape index (κ3) is 3.11. The molecule has 2 aromatic rings. The van der Waals surface area contributed by atoms with Gasteiger partial charge in [-0.1, -0.05) is 12.1 Å². The molecule has 1 unspecified atom stereocenters. The van der Waals surface area contributed by atoms with Crippen molar-refractivity contribution in [2.45, 2.75) is 32.2 Å². The van der Waals surface area contributed by atoms with Gasteiger partial charge in [-0.2, -0.15) is 0 Å². The second-order valence-corrected chi connectivity index (χ2v) is 5.91. The molecule has 6 nitrogen and oxygen atoms in total. The van der Waals surface area contributed by atoms with Gasteiger partial charge in [-0.3, -0.25) is 14.6 Å². The van der Waals surface area contributed by atoms with Crippen LogP contribution in [0.2, 0.25) is 0 Å². The van der Waals surface area contributed by atoms with Crippen molar-refractivity contribution in [3.8, 4) is 11.1 Å². The van der Waals surface area contributed by atoms with Crippen LogP contribution in [0, 0.1) is 0 Å². The lowest BCUT2D eigenvalue weighted by molar-refractivity contribution is 0.0635. The molecule has 1 aliphatic heterocycles. The zero-order valence-corrected chi connectivity index (χ0v) is 13.0. The van der Waals surface area contributed by atoms with Crippen LogP contribution >= 0.6 is 0 Å². The highest BCUT2D eigenvalue weighted by Gasteiger charge is 2.24. The Morgan fingerprint density at radius 2 is 2.09 bits per heavy atom. The maximum absolute atomic E-state index is 12.7. The molecule has 2 N–H and O–H groups in total. The first-order valence-corrected chi connectivity index (χ1v) is 7.79. The summed E-state index contributed by atoms with van der Waals surface area (Å²) in [6.07, 6.45) is 4.56. The average Bonchev–Trinajstić information content (AvgIpc) is 2.55. The SMILES string of the molecule is CC1CCCCN1C(=O)c1cccc(-c2c[nH]c(=O)[nH]c2=O)c1. The number of aromatic nitrogens is 2. The van der Waals surface area contributed by atoms with Gasteiger partial charge in [0.2, 0.25) is 0 Å². The number of amides is 1. The molecule has 0 radical (unpaired) electrons. The van der Waals surface area contributed by atoms with E-state index in [0.717, 1.165) is 25.8 Å². The van der Waals surface area contributed by atoms with Crippen LogP contribution < -0.4 is 11.2 Å². The number of H-pyrrole nitrogens is 2. The van der Waals surface area contributed by atoms with Gasteiger partial charge in [0.15, 0.2) is 0 Å². The molecule has 1 fully saturated rings. The van der Waals surface area contributed by atoms with E-state index >= 15 is 0 Å². The molecule has 1 aliphatic rings. The lowest BCUT2D eigenvalue weighted by Crippen LogP contribution is -2.42. The summed E-state index contributed by atoms with van der Waals surface area (Å²) >= 11 is 0. The summed E-state index contributed by atoms with van der Waals surface area (Å²) in [5.74, 6) is -0.0140. The van der Waals surface area contributed by atoms with Gasteiger partial charge in [0.05, 0.1) is 5.56 Å². The molecular weight excluding hydrogens is 294 g/mol. The number of rotatable bonds is 2. The smallest absolute Gasteiger partial charge is 0.325 e. The fourth-order valence-electron chi connectivity index (χ4n) is 3.01. The van der Waals surface area contributed by atoms with E-state index < -0.39 is 11.2 Å². The van der Waals surface area contributed by atoms with Crippen molar-refractivity contribution in [3.63, 3.8) is 0 Å². The van der Waals surface area contributed by atoms with E-state index in [1.54, 1.807) is 24.3 Å². The van der Waals surface area contributed by atoms with Crippen molar-refractivity contribution in [3.05, 3.63) is 56.9 Å². The molecule has 6 heteroatoms. The monoisotopic (exact) mass is 313 g/mol. The minimum Gasteiger partial charge on any atom is -0.336 e. The first-order chi connectivity index (χ1) is 11.1. The minimum atomic E-state index is -0.548. The van der Waals surface area contributed by atoms with Crippen LogP contribution in [0.1, 0.15) is 36.5 Å². The van der Waals surface area contributed by atoms with Gasteiger partial charge < -0.3 is 9.88 Å². The van der Waals surface area contributed by atoms with Gasteiger partial charge in [0.1, 0.15) is 0 Å². The highest BCUT2D eigenvalue weighted by molar-refractivity contribution is 5.95. The number of benzene rings is 1. The molecule has 23 heavy (non-hydrogen) atoms. The highest BCUT2D eigenvalue weighted by atomic mass is 16.2. The van der Waals surface area contributed by atoms with Crippen LogP contribution in [-0.4, -0.2) is 33.4 Å². The molecule has 0 aliphatic carbocycles. The van der Waals surface area contributed by atoms with Crippen molar-refractivity contribution < 1.29 is 4.79 Å². The number of carbonyl (C=O) groups excluding carboxylic acids is 1. The topological polar surface area (TPSA) is 86.0 Å². The van der Waals surface area contributed by atoms with E-state index in [1.807, 2.05) is 4.90 Å². The van der Waals surface area contributed by atoms with E-state index in [1.165, 1.54) is 6.20 Å². The second kappa shape index (κ2) is 6.24. The Balaban J connectivity index is 1.95. The molecule has 0 spiro atoms. The summed E-state index contributed by atoms with van der Waals surface area (Å²) in [7, 11) is 0. The van der Waals surface area contributed by atoms with Gasteiger partial charge >= 0.3 is 5.69 Å². The molecule has 1 aromatic heterocycles. The van der Waals surface area contributed by atoms with Gasteiger partial charge in [-0.05, 0) is 43.9 Å². The van der Waals surface area contributed by atoms with Gasteiger partial charge in [-0.15, -0.1) is 0 Å². The molecule has 120 valence electrons. The van der Waals surface area contributed by atoms with Gasteiger partial charge in [0.25, 0.3) is 11.5 Å². The zero-order chi connectivity index (χ0) is 16.4. The fourth-order valence-corrected chi connectivity index (χ4v) is 3.01. The van der Waals surface area contributed by atoms with Crippen molar-refractivity contribution in [2.75, 3.05) is 6.54 Å². The van der Waals surface area contributed by atoms with Crippen molar-refractivity contribution in [2.24, 2.45) is 0 Å². The predicted molar refractivity (Wildman–Crippen MR) is 87.5 cm³/mol. The second-order valence-electron chi connectivity index (χ2n) is 5.91. The lowest BCUT2D eigenvalue weighted by Gasteiger charge is -2.33. The van der Waals surface area contributed by atoms with Gasteiger partial charge in [0, 0.05) is 24.3 Å². The number of nitrogens with zero attached hydrogens (tertiary/aromatic N) is 1. The van der Waals surface area contributed by atoms with Crippen molar-refractivity contribution >= 4 is 5.91 Å². The first kappa shape index (κ1) is 15.3. The van der Waals surface area contributed by atoms with Crippen LogP contribution in [0.4, 0.5) is 0 Å². The molecule has 1 saturated heterocycles. The molecule has 0 bridgehead atoms.